The molecule has 4 rings (SSSR count). The van der Waals surface area contributed by atoms with Crippen molar-refractivity contribution in [1.82, 2.24) is 20.1 Å². The molecule has 0 fully saturated rings. The van der Waals surface area contributed by atoms with Gasteiger partial charge in [0.2, 0.25) is 0 Å². The highest BCUT2D eigenvalue weighted by molar-refractivity contribution is 6.27. The van der Waals surface area contributed by atoms with E-state index in [0.717, 1.165) is 34.3 Å². The standard InChI is InChI=1S/C20H24N6O2/c21-5-1-6-24-15-2-3-16-18-17(15)20(28)14-12-23-7-4-13(14)19(18)25-26(16)10-8-22-9-11-27/h2-4,7,12,22,24,27H,1,5-6,8-11,21H2. The molecule has 146 valence electrons. The number of anilines is 1. The first-order valence-corrected chi connectivity index (χ1v) is 9.54. The minimum atomic E-state index is -0.0330. The van der Waals surface area contributed by atoms with Crippen LogP contribution in [0.2, 0.25) is 0 Å². The summed E-state index contributed by atoms with van der Waals surface area (Å²) in [6, 6.07) is 5.79. The number of nitrogens with two attached hydrogens (primary N) is 1. The molecule has 0 saturated heterocycles. The van der Waals surface area contributed by atoms with Crippen LogP contribution in [-0.2, 0) is 6.54 Å². The van der Waals surface area contributed by atoms with Crippen molar-refractivity contribution >= 4 is 22.4 Å². The van der Waals surface area contributed by atoms with Gasteiger partial charge in [-0.3, -0.25) is 14.5 Å². The smallest absolute Gasteiger partial charge is 0.198 e. The minimum absolute atomic E-state index is 0.0330. The van der Waals surface area contributed by atoms with E-state index in [1.807, 2.05) is 22.9 Å². The van der Waals surface area contributed by atoms with E-state index in [2.05, 4.69) is 15.6 Å². The number of nitrogens with zero attached hydrogens (tertiary/aromatic N) is 3. The molecule has 0 spiro atoms. The van der Waals surface area contributed by atoms with Crippen LogP contribution in [0.25, 0.3) is 22.2 Å². The number of carbonyl (C=O) groups excluding carboxylic acids is 1. The van der Waals surface area contributed by atoms with E-state index in [4.69, 9.17) is 15.9 Å². The van der Waals surface area contributed by atoms with E-state index in [1.165, 1.54) is 0 Å². The summed E-state index contributed by atoms with van der Waals surface area (Å²) >= 11 is 0. The monoisotopic (exact) mass is 380 g/mol. The predicted octanol–water partition coefficient (Wildman–Crippen LogP) is 0.985. The van der Waals surface area contributed by atoms with Gasteiger partial charge in [-0.25, -0.2) is 0 Å². The van der Waals surface area contributed by atoms with Gasteiger partial charge in [0.25, 0.3) is 0 Å². The lowest BCUT2D eigenvalue weighted by atomic mass is 9.87. The maximum Gasteiger partial charge on any atom is 0.198 e. The molecule has 8 nitrogen and oxygen atoms in total. The van der Waals surface area contributed by atoms with Gasteiger partial charge in [-0.05, 0) is 31.2 Å². The lowest BCUT2D eigenvalue weighted by Gasteiger charge is -2.18. The molecule has 1 aliphatic rings. The van der Waals surface area contributed by atoms with Crippen molar-refractivity contribution in [1.29, 1.82) is 0 Å². The van der Waals surface area contributed by atoms with Gasteiger partial charge in [0.1, 0.15) is 5.69 Å². The summed E-state index contributed by atoms with van der Waals surface area (Å²) in [5.41, 5.74) is 10.2. The molecule has 1 aromatic carbocycles. The van der Waals surface area contributed by atoms with Crippen LogP contribution < -0.4 is 16.4 Å². The third-order valence-corrected chi connectivity index (χ3v) is 4.95. The first-order valence-electron chi connectivity index (χ1n) is 9.54. The van der Waals surface area contributed by atoms with Crippen LogP contribution in [0, 0.1) is 0 Å². The lowest BCUT2D eigenvalue weighted by Crippen LogP contribution is -2.23. The molecule has 8 heteroatoms. The zero-order chi connectivity index (χ0) is 19.5. The van der Waals surface area contributed by atoms with Crippen LogP contribution in [0.5, 0.6) is 0 Å². The number of pyridine rings is 1. The van der Waals surface area contributed by atoms with Crippen molar-refractivity contribution in [3.8, 4) is 11.3 Å². The molecule has 0 unspecified atom stereocenters. The Morgan fingerprint density at radius 3 is 2.86 bits per heavy atom. The lowest BCUT2D eigenvalue weighted by molar-refractivity contribution is 0.104. The number of carbonyl (C=O) groups is 1. The molecular formula is C20H24N6O2. The number of ketones is 1. The average Bonchev–Trinajstić information content (AvgIpc) is 3.09. The molecule has 2 aromatic heterocycles. The van der Waals surface area contributed by atoms with Crippen molar-refractivity contribution in [3.05, 3.63) is 41.7 Å². The zero-order valence-corrected chi connectivity index (χ0v) is 15.6. The second kappa shape index (κ2) is 8.05. The fourth-order valence-corrected chi connectivity index (χ4v) is 3.64. The average molecular weight is 380 g/mol. The Balaban J connectivity index is 1.82. The van der Waals surface area contributed by atoms with Gasteiger partial charge in [-0.2, -0.15) is 5.10 Å². The first-order chi connectivity index (χ1) is 13.8. The van der Waals surface area contributed by atoms with E-state index >= 15 is 0 Å². The van der Waals surface area contributed by atoms with Crippen LogP contribution in [0.15, 0.2) is 30.6 Å². The molecule has 0 aliphatic heterocycles. The third-order valence-electron chi connectivity index (χ3n) is 4.95. The van der Waals surface area contributed by atoms with Crippen LogP contribution in [0.4, 0.5) is 5.69 Å². The molecule has 28 heavy (non-hydrogen) atoms. The number of hydrogen-bond donors (Lipinski definition) is 4. The van der Waals surface area contributed by atoms with Gasteiger partial charge < -0.3 is 21.5 Å². The van der Waals surface area contributed by atoms with Crippen molar-refractivity contribution in [2.24, 2.45) is 5.73 Å². The van der Waals surface area contributed by atoms with Crippen LogP contribution in [0.1, 0.15) is 22.3 Å². The fourth-order valence-electron chi connectivity index (χ4n) is 3.64. The quantitative estimate of drug-likeness (QED) is 0.320. The molecule has 0 radical (unpaired) electrons. The van der Waals surface area contributed by atoms with E-state index in [9.17, 15) is 4.79 Å². The highest BCUT2D eigenvalue weighted by Gasteiger charge is 2.31. The molecule has 0 amide bonds. The Morgan fingerprint density at radius 1 is 1.14 bits per heavy atom. The van der Waals surface area contributed by atoms with Crippen LogP contribution >= 0.6 is 0 Å². The Morgan fingerprint density at radius 2 is 2.04 bits per heavy atom. The molecule has 0 atom stereocenters. The Labute approximate surface area is 162 Å². The summed E-state index contributed by atoms with van der Waals surface area (Å²) in [5.74, 6) is -0.0330. The Bertz CT molecular complexity index is 1010. The molecule has 0 bridgehead atoms. The maximum absolute atomic E-state index is 13.3. The number of rotatable bonds is 9. The number of hydrogen-bond acceptors (Lipinski definition) is 7. The normalized spacial score (nSPS) is 12.4. The molecule has 1 aliphatic carbocycles. The number of aromatic nitrogens is 3. The Hall–Kier alpha value is -2.81. The van der Waals surface area contributed by atoms with Gasteiger partial charge in [0.15, 0.2) is 5.78 Å². The van der Waals surface area contributed by atoms with Gasteiger partial charge in [0.05, 0.1) is 29.8 Å². The van der Waals surface area contributed by atoms with Gasteiger partial charge in [0, 0.05) is 48.7 Å². The molecule has 3 aromatic rings. The Kier molecular flexibility index (Phi) is 5.34. The van der Waals surface area contributed by atoms with Crippen LogP contribution in [-0.4, -0.2) is 58.4 Å². The van der Waals surface area contributed by atoms with Crippen molar-refractivity contribution in [2.75, 3.05) is 38.1 Å². The highest BCUT2D eigenvalue weighted by atomic mass is 16.3. The zero-order valence-electron chi connectivity index (χ0n) is 15.6. The first kappa shape index (κ1) is 18.5. The van der Waals surface area contributed by atoms with E-state index in [0.29, 0.717) is 43.9 Å². The number of aliphatic hydroxyl groups is 1. The summed E-state index contributed by atoms with van der Waals surface area (Å²) in [6.45, 7) is 3.26. The summed E-state index contributed by atoms with van der Waals surface area (Å²) in [4.78, 5) is 17.4. The van der Waals surface area contributed by atoms with E-state index in [-0.39, 0.29) is 12.4 Å². The summed E-state index contributed by atoms with van der Waals surface area (Å²) in [6.07, 6.45) is 4.13. The summed E-state index contributed by atoms with van der Waals surface area (Å²) < 4.78 is 1.92. The van der Waals surface area contributed by atoms with Crippen LogP contribution in [0.3, 0.4) is 0 Å². The van der Waals surface area contributed by atoms with Crippen molar-refractivity contribution < 1.29 is 9.90 Å². The molecular weight excluding hydrogens is 356 g/mol. The number of benzene rings is 1. The summed E-state index contributed by atoms with van der Waals surface area (Å²) in [7, 11) is 0. The van der Waals surface area contributed by atoms with Gasteiger partial charge in [-0.1, -0.05) is 0 Å². The number of nitrogens with one attached hydrogen (secondary N) is 2. The van der Waals surface area contributed by atoms with Gasteiger partial charge >= 0.3 is 0 Å². The molecule has 5 N–H and O–H groups in total. The maximum atomic E-state index is 13.3. The predicted molar refractivity (Wildman–Crippen MR) is 109 cm³/mol. The second-order valence-corrected chi connectivity index (χ2v) is 6.75. The van der Waals surface area contributed by atoms with E-state index < -0.39 is 0 Å². The second-order valence-electron chi connectivity index (χ2n) is 6.75. The third kappa shape index (κ3) is 3.15. The molecule has 0 saturated carbocycles. The fraction of sp³-hybridized carbons (Fsp3) is 0.350. The SMILES string of the molecule is NCCCNc1ccc2c3c(nn2CCNCCO)-c2ccncc2C(=O)c13. The number of aliphatic hydroxyl groups excluding tert-OH is 1. The van der Waals surface area contributed by atoms with E-state index in [1.54, 1.807) is 12.4 Å². The van der Waals surface area contributed by atoms with Crippen molar-refractivity contribution in [2.45, 2.75) is 13.0 Å². The topological polar surface area (TPSA) is 118 Å². The summed E-state index contributed by atoms with van der Waals surface area (Å²) in [5, 5.41) is 21.1. The number of fused-ring (bicyclic) bond motifs is 2. The minimum Gasteiger partial charge on any atom is -0.395 e. The largest absolute Gasteiger partial charge is 0.395 e. The van der Waals surface area contributed by atoms with Crippen molar-refractivity contribution in [3.63, 3.8) is 0 Å². The highest BCUT2D eigenvalue weighted by Crippen LogP contribution is 2.41. The van der Waals surface area contributed by atoms with Gasteiger partial charge in [-0.15, -0.1) is 0 Å². The molecule has 2 heterocycles.